The van der Waals surface area contributed by atoms with Crippen LogP contribution in [0.15, 0.2) is 23.8 Å². The monoisotopic (exact) mass is 462 g/mol. The molecule has 0 unspecified atom stereocenters. The lowest BCUT2D eigenvalue weighted by Gasteiger charge is -2.44. The summed E-state index contributed by atoms with van der Waals surface area (Å²) >= 11 is 0. The molecule has 0 saturated carbocycles. The molecule has 6 heteroatoms. The van der Waals surface area contributed by atoms with Crippen molar-refractivity contribution in [2.75, 3.05) is 13.2 Å². The van der Waals surface area contributed by atoms with Gasteiger partial charge in [0.25, 0.3) is 5.97 Å². The Kier molecular flexibility index (Phi) is 7.40. The van der Waals surface area contributed by atoms with Crippen molar-refractivity contribution in [3.63, 3.8) is 0 Å². The molecule has 7 atom stereocenters. The summed E-state index contributed by atoms with van der Waals surface area (Å²) in [7, 11) is 0. The molecular weight excluding hydrogens is 420 g/mol. The van der Waals surface area contributed by atoms with Gasteiger partial charge in [-0.1, -0.05) is 39.0 Å². The van der Waals surface area contributed by atoms with Crippen LogP contribution in [0.25, 0.3) is 0 Å². The molecule has 0 aromatic heterocycles. The second-order valence-electron chi connectivity index (χ2n) is 11.3. The van der Waals surface area contributed by atoms with Gasteiger partial charge in [0.1, 0.15) is 6.10 Å². The minimum Gasteiger partial charge on any atom is -0.461 e. The summed E-state index contributed by atoms with van der Waals surface area (Å²) in [5.41, 5.74) is 0.824. The third-order valence-electron chi connectivity index (χ3n) is 8.21. The highest BCUT2D eigenvalue weighted by Gasteiger charge is 2.47. The molecule has 186 valence electrons. The Morgan fingerprint density at radius 1 is 1.21 bits per heavy atom. The average Bonchev–Trinajstić information content (AvgIpc) is 3.19. The van der Waals surface area contributed by atoms with Crippen LogP contribution in [0, 0.1) is 29.1 Å². The molecule has 0 amide bonds. The van der Waals surface area contributed by atoms with E-state index in [4.69, 9.17) is 18.9 Å². The van der Waals surface area contributed by atoms with Crippen molar-refractivity contribution in [2.24, 2.45) is 29.1 Å². The van der Waals surface area contributed by atoms with Gasteiger partial charge in [-0.25, -0.2) is 0 Å². The van der Waals surface area contributed by atoms with E-state index in [0.717, 1.165) is 25.7 Å². The third-order valence-corrected chi connectivity index (χ3v) is 8.21. The Bertz CT molecular complexity index is 765. The van der Waals surface area contributed by atoms with Crippen molar-refractivity contribution in [3.05, 3.63) is 23.8 Å². The molecule has 2 aliphatic heterocycles. The van der Waals surface area contributed by atoms with E-state index in [0.29, 0.717) is 43.8 Å². The van der Waals surface area contributed by atoms with E-state index >= 15 is 0 Å². The highest BCUT2D eigenvalue weighted by Crippen LogP contribution is 2.46. The van der Waals surface area contributed by atoms with Gasteiger partial charge in [-0.05, 0) is 62.9 Å². The zero-order valence-corrected chi connectivity index (χ0v) is 20.9. The Balaban J connectivity index is 1.48. The number of aliphatic hydroxyl groups excluding tert-OH is 1. The second kappa shape index (κ2) is 9.80. The largest absolute Gasteiger partial charge is 0.461 e. The zero-order chi connectivity index (χ0) is 23.8. The molecule has 4 rings (SSSR count). The van der Waals surface area contributed by atoms with E-state index in [2.05, 4.69) is 32.1 Å². The first kappa shape index (κ1) is 24.9. The molecule has 1 spiro atoms. The Morgan fingerprint density at radius 2 is 1.94 bits per heavy atom. The summed E-state index contributed by atoms with van der Waals surface area (Å²) in [4.78, 5) is 13.0. The quantitative estimate of drug-likeness (QED) is 0.574. The molecule has 0 aromatic rings. The number of rotatable bonds is 6. The average molecular weight is 463 g/mol. The minimum atomic E-state index is -1.07. The Morgan fingerprint density at radius 3 is 2.64 bits per heavy atom. The molecule has 2 heterocycles. The molecule has 6 nitrogen and oxygen atoms in total. The van der Waals surface area contributed by atoms with Crippen LogP contribution in [0.4, 0.5) is 0 Å². The van der Waals surface area contributed by atoms with Gasteiger partial charge < -0.3 is 24.1 Å². The fraction of sp³-hybridized carbons (Fsp3) is 0.815. The smallest absolute Gasteiger partial charge is 0.311 e. The first-order valence-corrected chi connectivity index (χ1v) is 12.9. The number of fused-ring (bicyclic) bond motifs is 1. The number of carbonyl (C=O) groups excluding carboxylic acids is 1. The summed E-state index contributed by atoms with van der Waals surface area (Å²) in [6.07, 6.45) is 10.5. The number of hydrogen-bond acceptors (Lipinski definition) is 6. The highest BCUT2D eigenvalue weighted by molar-refractivity contribution is 5.76. The van der Waals surface area contributed by atoms with E-state index in [1.807, 2.05) is 20.8 Å². The topological polar surface area (TPSA) is 74.2 Å². The number of hydrogen-bond donors (Lipinski definition) is 1. The fourth-order valence-corrected chi connectivity index (χ4v) is 5.87. The zero-order valence-electron chi connectivity index (χ0n) is 20.9. The normalized spacial score (nSPS) is 38.1. The first-order valence-electron chi connectivity index (χ1n) is 12.9. The summed E-state index contributed by atoms with van der Waals surface area (Å²) < 4.78 is 23.9. The van der Waals surface area contributed by atoms with Gasteiger partial charge in [-0.2, -0.15) is 0 Å². The first-order chi connectivity index (χ1) is 15.6. The van der Waals surface area contributed by atoms with Gasteiger partial charge in [-0.15, -0.1) is 0 Å². The number of allylic oxidation sites excluding steroid dienone is 3. The van der Waals surface area contributed by atoms with E-state index in [-0.39, 0.29) is 24.1 Å². The van der Waals surface area contributed by atoms with Crippen LogP contribution in [0.1, 0.15) is 73.1 Å². The molecule has 1 N–H and O–H groups in total. The van der Waals surface area contributed by atoms with E-state index in [1.54, 1.807) is 0 Å². The molecular formula is C27H42O6. The van der Waals surface area contributed by atoms with Crippen molar-refractivity contribution in [3.8, 4) is 0 Å². The maximum Gasteiger partial charge on any atom is 0.311 e. The lowest BCUT2D eigenvalue weighted by molar-refractivity contribution is -0.376. The van der Waals surface area contributed by atoms with Gasteiger partial charge in [0.2, 0.25) is 0 Å². The van der Waals surface area contributed by atoms with Crippen LogP contribution >= 0.6 is 0 Å². The van der Waals surface area contributed by atoms with Crippen LogP contribution in [-0.2, 0) is 23.7 Å². The number of aliphatic hydroxyl groups is 1. The Labute approximate surface area is 198 Å². The summed E-state index contributed by atoms with van der Waals surface area (Å²) in [5, 5.41) is 10.4. The maximum atomic E-state index is 13.0. The second-order valence-corrected chi connectivity index (χ2v) is 11.3. The molecule has 0 bridgehead atoms. The lowest BCUT2D eigenvalue weighted by Crippen LogP contribution is -2.47. The highest BCUT2D eigenvalue weighted by atomic mass is 16.9. The van der Waals surface area contributed by atoms with Gasteiger partial charge in [0.05, 0.1) is 37.3 Å². The molecule has 0 aromatic carbocycles. The van der Waals surface area contributed by atoms with Crippen molar-refractivity contribution >= 4 is 5.97 Å². The van der Waals surface area contributed by atoms with E-state index < -0.39 is 17.5 Å². The predicted octanol–water partition coefficient (Wildman–Crippen LogP) is 4.76. The van der Waals surface area contributed by atoms with Crippen LogP contribution < -0.4 is 0 Å². The number of ether oxygens (including phenoxy) is 4. The van der Waals surface area contributed by atoms with Gasteiger partial charge in [0.15, 0.2) is 0 Å². The van der Waals surface area contributed by atoms with E-state index in [9.17, 15) is 9.90 Å². The molecule has 4 aliphatic rings. The van der Waals surface area contributed by atoms with Crippen LogP contribution in [0.2, 0.25) is 0 Å². The molecule has 2 fully saturated rings. The van der Waals surface area contributed by atoms with Crippen molar-refractivity contribution in [1.82, 2.24) is 0 Å². The van der Waals surface area contributed by atoms with Crippen LogP contribution in [-0.4, -0.2) is 48.6 Å². The minimum absolute atomic E-state index is 0.0967. The van der Waals surface area contributed by atoms with Crippen molar-refractivity contribution in [2.45, 2.75) is 97.4 Å². The lowest BCUT2D eigenvalue weighted by atomic mass is 9.65. The number of carbonyl (C=O) groups is 1. The van der Waals surface area contributed by atoms with Gasteiger partial charge in [-0.3, -0.25) is 4.79 Å². The molecule has 33 heavy (non-hydrogen) atoms. The standard InChI is InChI=1S/C27H42O6/c1-6-26(4,5)25(29)32-23-14-17(2)13-19-8-7-18(3)22(24(19)23)10-9-21-15-20(28)16-27(33-21)30-11-12-31-27/h7-8,13,17-18,20-24,28H,6,9-12,14-16H2,1-5H3/t17-,18-,20+,21+,22-,23-,24-/m0/s1. The van der Waals surface area contributed by atoms with Crippen molar-refractivity contribution in [1.29, 1.82) is 0 Å². The maximum absolute atomic E-state index is 13.0. The summed E-state index contributed by atoms with van der Waals surface area (Å²) in [6, 6.07) is 0. The van der Waals surface area contributed by atoms with E-state index in [1.165, 1.54) is 5.57 Å². The van der Waals surface area contributed by atoms with Gasteiger partial charge >= 0.3 is 5.97 Å². The third kappa shape index (κ3) is 5.39. The predicted molar refractivity (Wildman–Crippen MR) is 125 cm³/mol. The molecule has 2 saturated heterocycles. The van der Waals surface area contributed by atoms with Crippen molar-refractivity contribution < 1.29 is 28.8 Å². The molecule has 0 radical (unpaired) electrons. The fourth-order valence-electron chi connectivity index (χ4n) is 5.87. The van der Waals surface area contributed by atoms with Crippen LogP contribution in [0.3, 0.4) is 0 Å². The van der Waals surface area contributed by atoms with Gasteiger partial charge in [0, 0.05) is 12.3 Å². The number of esters is 1. The summed E-state index contributed by atoms with van der Waals surface area (Å²) in [6.45, 7) is 11.4. The SMILES string of the molecule is CCC(C)(C)C(=O)O[C@H]1C[C@@H](C)C=C2C=C[C@H](C)[C@H](CC[C@@H]3C[C@@H](O)CC4(OCCO4)O3)[C@H]21. The summed E-state index contributed by atoms with van der Waals surface area (Å²) in [5.74, 6) is 0.128. The van der Waals surface area contributed by atoms with Crippen LogP contribution in [0.5, 0.6) is 0 Å². The molecule has 2 aliphatic carbocycles. The Hall–Kier alpha value is -1.21.